The Hall–Kier alpha value is -2.21. The van der Waals surface area contributed by atoms with E-state index < -0.39 is 0 Å². The number of hydrogen-bond donors (Lipinski definition) is 1. The lowest BCUT2D eigenvalue weighted by molar-refractivity contribution is -0.121. The topological polar surface area (TPSA) is 62.3 Å². The van der Waals surface area contributed by atoms with E-state index in [1.165, 1.54) is 0 Å². The highest BCUT2D eigenvalue weighted by atomic mass is 79.9. The summed E-state index contributed by atoms with van der Waals surface area (Å²) in [5.74, 6) is 0.285. The zero-order valence-electron chi connectivity index (χ0n) is 15.0. The molecule has 0 aliphatic carbocycles. The van der Waals surface area contributed by atoms with Gasteiger partial charge >= 0.3 is 0 Å². The number of hydrogen-bond acceptors (Lipinski definition) is 3. The summed E-state index contributed by atoms with van der Waals surface area (Å²) in [7, 11) is 0. The minimum absolute atomic E-state index is 0.0125. The van der Waals surface area contributed by atoms with Gasteiger partial charge in [0.25, 0.3) is 5.91 Å². The van der Waals surface area contributed by atoms with Crippen molar-refractivity contribution in [3.05, 3.63) is 57.7 Å². The third kappa shape index (κ3) is 4.12. The van der Waals surface area contributed by atoms with Crippen LogP contribution in [0.1, 0.15) is 34.3 Å². The lowest BCUT2D eigenvalue weighted by Gasteiger charge is -2.32. The van der Waals surface area contributed by atoms with Crippen molar-refractivity contribution in [1.82, 2.24) is 9.88 Å². The average Bonchev–Trinajstić information content (AvgIpc) is 2.63. The van der Waals surface area contributed by atoms with Crippen LogP contribution in [0, 0.1) is 19.8 Å². The Balaban J connectivity index is 1.69. The maximum Gasteiger partial charge on any atom is 0.254 e. The van der Waals surface area contributed by atoms with E-state index >= 15 is 0 Å². The van der Waals surface area contributed by atoms with Crippen molar-refractivity contribution in [3.63, 3.8) is 0 Å². The average molecular weight is 416 g/mol. The number of pyridine rings is 1. The molecular formula is C20H22BrN3O2. The van der Waals surface area contributed by atoms with Gasteiger partial charge in [-0.25, -0.2) is 4.98 Å². The molecular weight excluding hydrogens is 394 g/mol. The molecule has 0 radical (unpaired) electrons. The summed E-state index contributed by atoms with van der Waals surface area (Å²) in [6.07, 6.45) is 3.26. The molecule has 5 nitrogen and oxygen atoms in total. The Labute approximate surface area is 161 Å². The Bertz CT molecular complexity index is 838. The maximum absolute atomic E-state index is 12.9. The molecule has 2 aromatic rings. The number of nitrogens with zero attached hydrogens (tertiary/aromatic N) is 2. The molecule has 0 bridgehead atoms. The third-order valence-electron chi connectivity index (χ3n) is 4.75. The number of rotatable bonds is 3. The van der Waals surface area contributed by atoms with Gasteiger partial charge in [-0.2, -0.15) is 0 Å². The fourth-order valence-corrected chi connectivity index (χ4v) is 3.72. The highest BCUT2D eigenvalue weighted by Gasteiger charge is 2.29. The second kappa shape index (κ2) is 7.99. The van der Waals surface area contributed by atoms with Crippen molar-refractivity contribution in [3.8, 4) is 0 Å². The Morgan fingerprint density at radius 3 is 2.77 bits per heavy atom. The zero-order chi connectivity index (χ0) is 18.7. The molecule has 2 amide bonds. The second-order valence-electron chi connectivity index (χ2n) is 6.71. The van der Waals surface area contributed by atoms with Crippen molar-refractivity contribution >= 4 is 33.6 Å². The molecule has 136 valence electrons. The SMILES string of the molecule is Cc1cc(Br)ccc1C(=O)N1CCCC(C(=O)Nc2ncccc2C)C1. The van der Waals surface area contributed by atoms with Crippen LogP contribution in [0.3, 0.4) is 0 Å². The second-order valence-corrected chi connectivity index (χ2v) is 7.62. The Morgan fingerprint density at radius 1 is 1.23 bits per heavy atom. The van der Waals surface area contributed by atoms with Crippen LogP contribution in [-0.2, 0) is 4.79 Å². The molecule has 1 atom stereocenters. The Kier molecular flexibility index (Phi) is 5.71. The zero-order valence-corrected chi connectivity index (χ0v) is 16.5. The van der Waals surface area contributed by atoms with Crippen LogP contribution in [0.25, 0.3) is 0 Å². The quantitative estimate of drug-likeness (QED) is 0.824. The van der Waals surface area contributed by atoms with Gasteiger partial charge in [0.05, 0.1) is 5.92 Å². The number of anilines is 1. The molecule has 1 unspecified atom stereocenters. The van der Waals surface area contributed by atoms with Crippen molar-refractivity contribution in [2.75, 3.05) is 18.4 Å². The number of halogens is 1. The van der Waals surface area contributed by atoms with Crippen molar-refractivity contribution in [1.29, 1.82) is 0 Å². The van der Waals surface area contributed by atoms with Crippen LogP contribution in [0.15, 0.2) is 41.0 Å². The normalized spacial score (nSPS) is 17.0. The highest BCUT2D eigenvalue weighted by molar-refractivity contribution is 9.10. The summed E-state index contributed by atoms with van der Waals surface area (Å²) < 4.78 is 0.952. The molecule has 1 aromatic heterocycles. The smallest absolute Gasteiger partial charge is 0.254 e. The van der Waals surface area contributed by atoms with E-state index in [1.54, 1.807) is 11.1 Å². The van der Waals surface area contributed by atoms with E-state index in [0.29, 0.717) is 24.5 Å². The van der Waals surface area contributed by atoms with Gasteiger partial charge in [-0.3, -0.25) is 9.59 Å². The van der Waals surface area contributed by atoms with Gasteiger partial charge < -0.3 is 10.2 Å². The van der Waals surface area contributed by atoms with Crippen molar-refractivity contribution in [2.45, 2.75) is 26.7 Å². The third-order valence-corrected chi connectivity index (χ3v) is 5.24. The number of aromatic nitrogens is 1. The van der Waals surface area contributed by atoms with Crippen LogP contribution < -0.4 is 5.32 Å². The molecule has 1 aliphatic heterocycles. The van der Waals surface area contributed by atoms with E-state index in [-0.39, 0.29) is 17.7 Å². The lowest BCUT2D eigenvalue weighted by Crippen LogP contribution is -2.44. The predicted molar refractivity (Wildman–Crippen MR) is 105 cm³/mol. The number of carbonyl (C=O) groups is 2. The monoisotopic (exact) mass is 415 g/mol. The summed E-state index contributed by atoms with van der Waals surface area (Å²) in [6.45, 7) is 4.96. The first-order valence-electron chi connectivity index (χ1n) is 8.73. The minimum Gasteiger partial charge on any atom is -0.338 e. The van der Waals surface area contributed by atoms with Gasteiger partial charge in [0.2, 0.25) is 5.91 Å². The first-order chi connectivity index (χ1) is 12.5. The predicted octanol–water partition coefficient (Wildman–Crippen LogP) is 3.95. The lowest BCUT2D eigenvalue weighted by atomic mass is 9.96. The first kappa shape index (κ1) is 18.6. The van der Waals surface area contributed by atoms with Gasteiger partial charge in [-0.15, -0.1) is 0 Å². The molecule has 0 spiro atoms. The van der Waals surface area contributed by atoms with E-state index in [0.717, 1.165) is 28.4 Å². The number of likely N-dealkylation sites (tertiary alicyclic amines) is 1. The van der Waals surface area contributed by atoms with Gasteiger partial charge in [-0.1, -0.05) is 22.0 Å². The van der Waals surface area contributed by atoms with Crippen molar-refractivity contribution in [2.24, 2.45) is 5.92 Å². The van der Waals surface area contributed by atoms with Gasteiger partial charge in [0.15, 0.2) is 0 Å². The number of piperidine rings is 1. The fraction of sp³-hybridized carbons (Fsp3) is 0.350. The van der Waals surface area contributed by atoms with Crippen LogP contribution in [0.2, 0.25) is 0 Å². The number of benzene rings is 1. The number of aryl methyl sites for hydroxylation is 2. The van der Waals surface area contributed by atoms with E-state index in [9.17, 15) is 9.59 Å². The standard InChI is InChI=1S/C20H22BrN3O2/c1-13-5-3-9-22-18(13)23-19(25)15-6-4-10-24(12-15)20(26)17-8-7-16(21)11-14(17)2/h3,5,7-9,11,15H,4,6,10,12H2,1-2H3,(H,22,23,25). The van der Waals surface area contributed by atoms with E-state index in [2.05, 4.69) is 26.2 Å². The van der Waals surface area contributed by atoms with Crippen LogP contribution in [-0.4, -0.2) is 34.8 Å². The van der Waals surface area contributed by atoms with Crippen LogP contribution >= 0.6 is 15.9 Å². The maximum atomic E-state index is 12.9. The molecule has 1 fully saturated rings. The van der Waals surface area contributed by atoms with Crippen molar-refractivity contribution < 1.29 is 9.59 Å². The molecule has 0 saturated carbocycles. The van der Waals surface area contributed by atoms with Gasteiger partial charge in [-0.05, 0) is 62.1 Å². The Morgan fingerprint density at radius 2 is 2.04 bits per heavy atom. The molecule has 26 heavy (non-hydrogen) atoms. The summed E-state index contributed by atoms with van der Waals surface area (Å²) in [6, 6.07) is 9.40. The highest BCUT2D eigenvalue weighted by Crippen LogP contribution is 2.23. The molecule has 1 N–H and O–H groups in total. The number of nitrogens with one attached hydrogen (secondary N) is 1. The van der Waals surface area contributed by atoms with Crippen LogP contribution in [0.5, 0.6) is 0 Å². The summed E-state index contributed by atoms with van der Waals surface area (Å²) in [5, 5.41) is 2.90. The minimum atomic E-state index is -0.218. The number of amides is 2. The largest absolute Gasteiger partial charge is 0.338 e. The molecule has 1 aromatic carbocycles. The summed E-state index contributed by atoms with van der Waals surface area (Å²) in [4.78, 5) is 31.5. The van der Waals surface area contributed by atoms with Crippen LogP contribution in [0.4, 0.5) is 5.82 Å². The first-order valence-corrected chi connectivity index (χ1v) is 9.53. The molecule has 2 heterocycles. The van der Waals surface area contributed by atoms with Gasteiger partial charge in [0, 0.05) is 29.3 Å². The van der Waals surface area contributed by atoms with E-state index in [1.807, 2.05) is 44.2 Å². The number of carbonyl (C=O) groups excluding carboxylic acids is 2. The van der Waals surface area contributed by atoms with E-state index in [4.69, 9.17) is 0 Å². The fourth-order valence-electron chi connectivity index (χ4n) is 3.25. The summed E-state index contributed by atoms with van der Waals surface area (Å²) in [5.41, 5.74) is 2.55. The summed E-state index contributed by atoms with van der Waals surface area (Å²) >= 11 is 3.42. The molecule has 1 saturated heterocycles. The molecule has 1 aliphatic rings. The molecule has 6 heteroatoms. The van der Waals surface area contributed by atoms with Gasteiger partial charge in [0.1, 0.15) is 5.82 Å². The molecule has 3 rings (SSSR count).